The first-order valence-corrected chi connectivity index (χ1v) is 8.60. The van der Waals surface area contributed by atoms with Crippen LogP contribution in [-0.2, 0) is 6.42 Å². The second kappa shape index (κ2) is 7.71. The first kappa shape index (κ1) is 17.5. The smallest absolute Gasteiger partial charge is 0.142 e. The normalized spacial score (nSPS) is 10.3. The highest BCUT2D eigenvalue weighted by atomic mass is 16.5. The van der Waals surface area contributed by atoms with Crippen LogP contribution in [-0.4, -0.2) is 12.1 Å². The van der Waals surface area contributed by atoms with E-state index < -0.39 is 0 Å². The number of aromatic nitrogens is 1. The molecule has 0 amide bonds. The summed E-state index contributed by atoms with van der Waals surface area (Å²) >= 11 is 0. The van der Waals surface area contributed by atoms with Crippen LogP contribution in [0.25, 0.3) is 22.4 Å². The number of hydrogen-bond donors (Lipinski definition) is 1. The number of pyridine rings is 1. The summed E-state index contributed by atoms with van der Waals surface area (Å²) in [6.45, 7) is 2.16. The molecule has 3 aromatic rings. The minimum absolute atomic E-state index is 0.244. The maximum Gasteiger partial charge on any atom is 0.142 e. The number of ether oxygens (including phenoxy) is 1. The zero-order valence-electron chi connectivity index (χ0n) is 15.0. The molecule has 0 radical (unpaired) electrons. The molecule has 1 heterocycles. The molecule has 26 heavy (non-hydrogen) atoms. The van der Waals surface area contributed by atoms with Crippen LogP contribution in [0, 0.1) is 11.3 Å². The first-order chi connectivity index (χ1) is 12.7. The molecular weight excluding hydrogens is 322 g/mol. The van der Waals surface area contributed by atoms with Gasteiger partial charge in [0.25, 0.3) is 0 Å². The molecule has 0 atom stereocenters. The highest BCUT2D eigenvalue weighted by Crippen LogP contribution is 2.32. The average Bonchev–Trinajstić information content (AvgIpc) is 2.68. The third-order valence-corrected chi connectivity index (χ3v) is 4.35. The van der Waals surface area contributed by atoms with E-state index in [1.54, 1.807) is 7.11 Å². The Morgan fingerprint density at radius 2 is 1.69 bits per heavy atom. The highest BCUT2D eigenvalue weighted by Gasteiger charge is 2.13. The van der Waals surface area contributed by atoms with Crippen molar-refractivity contribution in [2.45, 2.75) is 19.8 Å². The number of nitrogen functional groups attached to an aromatic ring is 1. The summed E-state index contributed by atoms with van der Waals surface area (Å²) in [5, 5.41) is 9.52. The molecule has 0 spiro atoms. The van der Waals surface area contributed by atoms with E-state index in [-0.39, 0.29) is 5.82 Å². The summed E-state index contributed by atoms with van der Waals surface area (Å²) in [5.41, 5.74) is 11.2. The van der Waals surface area contributed by atoms with Crippen molar-refractivity contribution in [1.82, 2.24) is 4.98 Å². The summed E-state index contributed by atoms with van der Waals surface area (Å²) in [6.07, 6.45) is 2.17. The van der Waals surface area contributed by atoms with Gasteiger partial charge in [0.15, 0.2) is 0 Å². The number of methoxy groups -OCH3 is 1. The summed E-state index contributed by atoms with van der Waals surface area (Å²) in [4.78, 5) is 4.44. The Balaban J connectivity index is 2.08. The van der Waals surface area contributed by atoms with Crippen LogP contribution < -0.4 is 10.5 Å². The SMILES string of the molecule is CCCc1ccc(-c2cc(-c3ccc(OC)cc3)c(C#N)c(N)n2)cc1. The monoisotopic (exact) mass is 343 g/mol. The predicted molar refractivity (Wildman–Crippen MR) is 105 cm³/mol. The van der Waals surface area contributed by atoms with Gasteiger partial charge in [-0.25, -0.2) is 4.98 Å². The van der Waals surface area contributed by atoms with E-state index in [2.05, 4.69) is 42.2 Å². The van der Waals surface area contributed by atoms with Crippen LogP contribution in [0.1, 0.15) is 24.5 Å². The van der Waals surface area contributed by atoms with Crippen LogP contribution in [0.2, 0.25) is 0 Å². The molecule has 0 fully saturated rings. The van der Waals surface area contributed by atoms with E-state index in [9.17, 15) is 5.26 Å². The molecule has 2 aromatic carbocycles. The molecule has 0 aliphatic rings. The van der Waals surface area contributed by atoms with Crippen molar-refractivity contribution in [3.05, 3.63) is 65.7 Å². The van der Waals surface area contributed by atoms with Crippen molar-refractivity contribution in [1.29, 1.82) is 5.26 Å². The Morgan fingerprint density at radius 1 is 1.04 bits per heavy atom. The Kier molecular flexibility index (Phi) is 5.19. The van der Waals surface area contributed by atoms with Crippen molar-refractivity contribution < 1.29 is 4.74 Å². The number of benzene rings is 2. The van der Waals surface area contributed by atoms with Gasteiger partial charge in [0.1, 0.15) is 23.2 Å². The van der Waals surface area contributed by atoms with Gasteiger partial charge in [-0.15, -0.1) is 0 Å². The number of hydrogen-bond acceptors (Lipinski definition) is 4. The van der Waals surface area contributed by atoms with Gasteiger partial charge in [-0.1, -0.05) is 49.7 Å². The van der Waals surface area contributed by atoms with Gasteiger partial charge in [-0.05, 0) is 35.7 Å². The van der Waals surface area contributed by atoms with E-state index in [4.69, 9.17) is 10.5 Å². The van der Waals surface area contributed by atoms with Gasteiger partial charge >= 0.3 is 0 Å². The predicted octanol–water partition coefficient (Wildman–Crippen LogP) is 4.83. The molecule has 130 valence electrons. The van der Waals surface area contributed by atoms with E-state index in [1.165, 1.54) is 5.56 Å². The zero-order valence-corrected chi connectivity index (χ0v) is 15.0. The minimum atomic E-state index is 0.244. The fourth-order valence-corrected chi connectivity index (χ4v) is 2.96. The largest absolute Gasteiger partial charge is 0.497 e. The molecule has 0 saturated carbocycles. The van der Waals surface area contributed by atoms with E-state index in [1.807, 2.05) is 30.3 Å². The highest BCUT2D eigenvalue weighted by molar-refractivity contribution is 5.80. The second-order valence-corrected chi connectivity index (χ2v) is 6.10. The molecule has 0 aliphatic carbocycles. The van der Waals surface area contributed by atoms with Gasteiger partial charge in [0, 0.05) is 11.1 Å². The Hall–Kier alpha value is -3.32. The van der Waals surface area contributed by atoms with E-state index in [0.717, 1.165) is 41.0 Å². The topological polar surface area (TPSA) is 71.9 Å². The lowest BCUT2D eigenvalue weighted by Gasteiger charge is -2.11. The quantitative estimate of drug-likeness (QED) is 0.720. The maximum atomic E-state index is 9.52. The zero-order chi connectivity index (χ0) is 18.5. The molecule has 4 heteroatoms. The van der Waals surface area contributed by atoms with Crippen LogP contribution >= 0.6 is 0 Å². The van der Waals surface area contributed by atoms with Gasteiger partial charge < -0.3 is 10.5 Å². The Morgan fingerprint density at radius 3 is 2.27 bits per heavy atom. The first-order valence-electron chi connectivity index (χ1n) is 8.60. The summed E-state index contributed by atoms with van der Waals surface area (Å²) in [6, 6.07) is 20.0. The van der Waals surface area contributed by atoms with Crippen LogP contribution in [0.5, 0.6) is 5.75 Å². The van der Waals surface area contributed by atoms with Crippen molar-refractivity contribution in [3.63, 3.8) is 0 Å². The number of anilines is 1. The maximum absolute atomic E-state index is 9.52. The Labute approximate surface area is 153 Å². The molecule has 0 bridgehead atoms. The van der Waals surface area contributed by atoms with Crippen molar-refractivity contribution >= 4 is 5.82 Å². The molecule has 0 unspecified atom stereocenters. The molecule has 4 nitrogen and oxygen atoms in total. The van der Waals surface area contributed by atoms with Gasteiger partial charge in [-0.3, -0.25) is 0 Å². The number of nitrogens with two attached hydrogens (primary N) is 1. The minimum Gasteiger partial charge on any atom is -0.497 e. The lowest BCUT2D eigenvalue weighted by atomic mass is 9.98. The number of rotatable bonds is 5. The number of aryl methyl sites for hydroxylation is 1. The lowest BCUT2D eigenvalue weighted by molar-refractivity contribution is 0.415. The van der Waals surface area contributed by atoms with Crippen LogP contribution in [0.4, 0.5) is 5.82 Å². The fourth-order valence-electron chi connectivity index (χ4n) is 2.96. The molecule has 3 rings (SSSR count). The molecule has 2 N–H and O–H groups in total. The standard InChI is InChI=1S/C22H21N3O/c1-3-4-15-5-7-17(8-6-15)21-13-19(20(14-23)22(24)25-21)16-9-11-18(26-2)12-10-16/h5-13H,3-4H2,1-2H3,(H2,24,25). The molecule has 1 aromatic heterocycles. The number of nitriles is 1. The van der Waals surface area contributed by atoms with Crippen LogP contribution in [0.15, 0.2) is 54.6 Å². The van der Waals surface area contributed by atoms with E-state index >= 15 is 0 Å². The average molecular weight is 343 g/mol. The van der Waals surface area contributed by atoms with Crippen molar-refractivity contribution in [2.75, 3.05) is 12.8 Å². The van der Waals surface area contributed by atoms with Crippen molar-refractivity contribution in [2.24, 2.45) is 0 Å². The van der Waals surface area contributed by atoms with E-state index in [0.29, 0.717) is 5.56 Å². The summed E-state index contributed by atoms with van der Waals surface area (Å²) < 4.78 is 5.21. The summed E-state index contributed by atoms with van der Waals surface area (Å²) in [7, 11) is 1.63. The third-order valence-electron chi connectivity index (χ3n) is 4.35. The van der Waals surface area contributed by atoms with Crippen LogP contribution in [0.3, 0.4) is 0 Å². The second-order valence-electron chi connectivity index (χ2n) is 6.10. The molecule has 0 saturated heterocycles. The molecule has 0 aliphatic heterocycles. The van der Waals surface area contributed by atoms with Gasteiger partial charge in [0.05, 0.1) is 12.8 Å². The number of nitrogens with zero attached hydrogens (tertiary/aromatic N) is 2. The summed E-state index contributed by atoms with van der Waals surface area (Å²) in [5.74, 6) is 1.01. The van der Waals surface area contributed by atoms with Gasteiger partial charge in [0.2, 0.25) is 0 Å². The molecular formula is C22H21N3O. The lowest BCUT2D eigenvalue weighted by Crippen LogP contribution is -2.00. The fraction of sp³-hybridized carbons (Fsp3) is 0.182. The third kappa shape index (κ3) is 3.52. The Bertz CT molecular complexity index is 939. The van der Waals surface area contributed by atoms with Gasteiger partial charge in [-0.2, -0.15) is 5.26 Å². The van der Waals surface area contributed by atoms with Crippen molar-refractivity contribution in [3.8, 4) is 34.2 Å².